The summed E-state index contributed by atoms with van der Waals surface area (Å²) in [5.41, 5.74) is 0.668. The third kappa shape index (κ3) is 2.40. The highest BCUT2D eigenvalue weighted by molar-refractivity contribution is 7.98. The van der Waals surface area contributed by atoms with Crippen LogP contribution >= 0.6 is 11.8 Å². The van der Waals surface area contributed by atoms with Crippen molar-refractivity contribution in [3.63, 3.8) is 0 Å². The molecule has 2 heterocycles. The lowest BCUT2D eigenvalue weighted by molar-refractivity contribution is -0.123. The van der Waals surface area contributed by atoms with Crippen molar-refractivity contribution < 1.29 is 9.53 Å². The van der Waals surface area contributed by atoms with Crippen LogP contribution in [0.3, 0.4) is 0 Å². The van der Waals surface area contributed by atoms with Crippen molar-refractivity contribution in [2.24, 2.45) is 0 Å². The Morgan fingerprint density at radius 2 is 2.32 bits per heavy atom. The van der Waals surface area contributed by atoms with Gasteiger partial charge in [0.15, 0.2) is 17.0 Å². The van der Waals surface area contributed by atoms with Crippen LogP contribution in [0.1, 0.15) is 19.3 Å². The molecule has 1 aliphatic rings. The minimum absolute atomic E-state index is 0.151. The monoisotopic (exact) mass is 275 g/mol. The van der Waals surface area contributed by atoms with Gasteiger partial charge in [0.2, 0.25) is 5.88 Å². The van der Waals surface area contributed by atoms with Crippen LogP contribution in [0.5, 0.6) is 5.88 Å². The van der Waals surface area contributed by atoms with Gasteiger partial charge < -0.3 is 4.74 Å². The van der Waals surface area contributed by atoms with Gasteiger partial charge in [-0.3, -0.25) is 4.79 Å². The zero-order chi connectivity index (χ0) is 13.2. The van der Waals surface area contributed by atoms with Gasteiger partial charge in [-0.05, 0) is 25.2 Å². The first kappa shape index (κ1) is 12.3. The van der Waals surface area contributed by atoms with E-state index in [1.165, 1.54) is 11.8 Å². The molecule has 2 aromatic rings. The summed E-state index contributed by atoms with van der Waals surface area (Å²) in [6.07, 6.45) is 7.19. The maximum atomic E-state index is 11.6. The Balaban J connectivity index is 1.99. The molecule has 0 radical (unpaired) electrons. The second kappa shape index (κ2) is 5.13. The fourth-order valence-corrected chi connectivity index (χ4v) is 2.48. The molecule has 19 heavy (non-hydrogen) atoms. The van der Waals surface area contributed by atoms with Gasteiger partial charge in [-0.15, -0.1) is 0 Å². The van der Waals surface area contributed by atoms with Crippen molar-refractivity contribution in [3.05, 3.63) is 18.5 Å². The van der Waals surface area contributed by atoms with Gasteiger partial charge in [0, 0.05) is 24.2 Å². The molecule has 3 rings (SSSR count). The Bertz CT molecular complexity index is 632. The summed E-state index contributed by atoms with van der Waals surface area (Å²) in [5, 5.41) is 1.54. The molecule has 1 fully saturated rings. The Morgan fingerprint density at radius 1 is 1.42 bits per heavy atom. The van der Waals surface area contributed by atoms with Gasteiger partial charge in [-0.1, -0.05) is 11.8 Å². The number of aromatic nitrogens is 3. The second-order valence-corrected chi connectivity index (χ2v) is 5.15. The summed E-state index contributed by atoms with van der Waals surface area (Å²) in [6, 6.07) is 1.84. The number of thioether (sulfide) groups is 1. The lowest BCUT2D eigenvalue weighted by Crippen LogP contribution is -2.21. The van der Waals surface area contributed by atoms with Crippen molar-refractivity contribution in [2.45, 2.75) is 30.5 Å². The lowest BCUT2D eigenvalue weighted by Gasteiger charge is -2.12. The Kier molecular flexibility index (Phi) is 3.33. The van der Waals surface area contributed by atoms with Gasteiger partial charge in [-0.2, -0.15) is 0 Å². The topological polar surface area (TPSA) is 65.0 Å². The summed E-state index contributed by atoms with van der Waals surface area (Å²) in [7, 11) is 0. The molecule has 0 amide bonds. The number of hydrogen-bond donors (Lipinski definition) is 0. The number of ether oxygens (including phenoxy) is 1. The van der Waals surface area contributed by atoms with Crippen LogP contribution in [0.15, 0.2) is 23.6 Å². The van der Waals surface area contributed by atoms with E-state index in [2.05, 4.69) is 15.0 Å². The van der Waals surface area contributed by atoms with E-state index in [0.717, 1.165) is 18.2 Å². The minimum atomic E-state index is -0.370. The smallest absolute Gasteiger partial charge is 0.241 e. The number of fused-ring (bicyclic) bond motifs is 1. The van der Waals surface area contributed by atoms with Gasteiger partial charge in [-0.25, -0.2) is 15.0 Å². The van der Waals surface area contributed by atoms with Crippen molar-refractivity contribution in [1.82, 2.24) is 15.0 Å². The van der Waals surface area contributed by atoms with E-state index in [1.54, 1.807) is 12.4 Å². The van der Waals surface area contributed by atoms with Gasteiger partial charge >= 0.3 is 0 Å². The van der Waals surface area contributed by atoms with E-state index < -0.39 is 0 Å². The third-order valence-corrected chi connectivity index (χ3v) is 3.69. The number of Topliss-reactive ketones (excluding diaryl/α,β-unsaturated/α-hetero) is 1. The minimum Gasteiger partial charge on any atom is -0.465 e. The molecular formula is C13H13N3O2S. The summed E-state index contributed by atoms with van der Waals surface area (Å²) in [6.45, 7) is 0. The molecule has 0 saturated heterocycles. The molecule has 0 bridgehead atoms. The molecule has 5 nitrogen and oxygen atoms in total. The quantitative estimate of drug-likeness (QED) is 0.632. The fourth-order valence-electron chi connectivity index (χ4n) is 2.14. The van der Waals surface area contributed by atoms with Crippen molar-refractivity contribution in [2.75, 3.05) is 6.26 Å². The Hall–Kier alpha value is -1.69. The van der Waals surface area contributed by atoms with Crippen LogP contribution in [0, 0.1) is 0 Å². The summed E-state index contributed by atoms with van der Waals surface area (Å²) in [4.78, 5) is 24.5. The Labute approximate surface area is 114 Å². The summed E-state index contributed by atoms with van der Waals surface area (Å²) >= 11 is 1.46. The van der Waals surface area contributed by atoms with E-state index in [4.69, 9.17) is 4.74 Å². The zero-order valence-electron chi connectivity index (χ0n) is 10.5. The highest BCUT2D eigenvalue weighted by Crippen LogP contribution is 2.26. The maximum absolute atomic E-state index is 11.6. The molecule has 0 N–H and O–H groups in total. The molecule has 6 heteroatoms. The molecule has 0 aliphatic heterocycles. The third-order valence-electron chi connectivity index (χ3n) is 3.13. The largest absolute Gasteiger partial charge is 0.465 e. The van der Waals surface area contributed by atoms with E-state index in [1.807, 2.05) is 12.3 Å². The molecule has 1 saturated carbocycles. The normalized spacial score (nSPS) is 19.0. The van der Waals surface area contributed by atoms with Crippen LogP contribution in [-0.2, 0) is 4.79 Å². The highest BCUT2D eigenvalue weighted by Gasteiger charge is 2.27. The maximum Gasteiger partial charge on any atom is 0.241 e. The number of rotatable bonds is 3. The SMILES string of the molecule is CSc1ncc2ccnc(OC3CCCC3=O)c2n1. The van der Waals surface area contributed by atoms with Crippen LogP contribution in [0.4, 0.5) is 0 Å². The fraction of sp³-hybridized carbons (Fsp3) is 0.385. The number of carbonyl (C=O) groups excluding carboxylic acids is 1. The number of ketones is 1. The second-order valence-electron chi connectivity index (χ2n) is 4.38. The van der Waals surface area contributed by atoms with Crippen LogP contribution < -0.4 is 4.74 Å². The predicted molar refractivity (Wildman–Crippen MR) is 72.4 cm³/mol. The van der Waals surface area contributed by atoms with Crippen LogP contribution in [0.2, 0.25) is 0 Å². The van der Waals surface area contributed by atoms with Gasteiger partial charge in [0.1, 0.15) is 5.52 Å². The molecular weight excluding hydrogens is 262 g/mol. The molecule has 2 aromatic heterocycles. The van der Waals surface area contributed by atoms with E-state index >= 15 is 0 Å². The standard InChI is InChI=1S/C13H13N3O2S/c1-19-13-15-7-8-5-6-14-12(11(8)16-13)18-10-4-2-3-9(10)17/h5-7,10H,2-4H2,1H3. The van der Waals surface area contributed by atoms with Crippen LogP contribution in [-0.4, -0.2) is 33.1 Å². The zero-order valence-corrected chi connectivity index (χ0v) is 11.3. The number of nitrogens with zero attached hydrogens (tertiary/aromatic N) is 3. The first-order valence-corrected chi connectivity index (χ1v) is 7.35. The lowest BCUT2D eigenvalue weighted by atomic mass is 10.3. The first-order chi connectivity index (χ1) is 9.28. The number of hydrogen-bond acceptors (Lipinski definition) is 6. The van der Waals surface area contributed by atoms with Crippen molar-refractivity contribution in [3.8, 4) is 5.88 Å². The molecule has 98 valence electrons. The first-order valence-electron chi connectivity index (χ1n) is 6.13. The molecule has 0 spiro atoms. The van der Waals surface area contributed by atoms with Crippen LogP contribution in [0.25, 0.3) is 10.9 Å². The summed E-state index contributed by atoms with van der Waals surface area (Å²) < 4.78 is 5.74. The highest BCUT2D eigenvalue weighted by atomic mass is 32.2. The molecule has 1 aliphatic carbocycles. The van der Waals surface area contributed by atoms with Gasteiger partial charge in [0.05, 0.1) is 0 Å². The molecule has 1 unspecified atom stereocenters. The average Bonchev–Trinajstić information content (AvgIpc) is 2.84. The van der Waals surface area contributed by atoms with E-state index in [0.29, 0.717) is 23.0 Å². The van der Waals surface area contributed by atoms with E-state index in [-0.39, 0.29) is 11.9 Å². The average molecular weight is 275 g/mol. The summed E-state index contributed by atoms with van der Waals surface area (Å²) in [5.74, 6) is 0.577. The predicted octanol–water partition coefficient (Wildman–Crippen LogP) is 2.25. The van der Waals surface area contributed by atoms with Crippen molar-refractivity contribution >= 4 is 28.4 Å². The number of carbonyl (C=O) groups is 1. The van der Waals surface area contributed by atoms with Crippen molar-refractivity contribution in [1.29, 1.82) is 0 Å². The Morgan fingerprint density at radius 3 is 3.05 bits per heavy atom. The molecule has 1 atom stereocenters. The molecule has 0 aromatic carbocycles. The van der Waals surface area contributed by atoms with Gasteiger partial charge in [0.25, 0.3) is 0 Å². The number of pyridine rings is 1. The van der Waals surface area contributed by atoms with E-state index in [9.17, 15) is 4.79 Å².